The molecule has 3 heteroatoms. The summed E-state index contributed by atoms with van der Waals surface area (Å²) in [6, 6.07) is 8.08. The molecule has 1 N–H and O–H groups in total. The van der Waals surface area contributed by atoms with Crippen LogP contribution in [-0.2, 0) is 17.6 Å². The Labute approximate surface area is 109 Å². The minimum Gasteiger partial charge on any atom is -0.324 e. The Hall–Kier alpha value is -1.82. The van der Waals surface area contributed by atoms with Crippen LogP contribution in [0.5, 0.6) is 0 Å². The Balaban J connectivity index is 3.03. The zero-order valence-corrected chi connectivity index (χ0v) is 11.3. The van der Waals surface area contributed by atoms with Crippen molar-refractivity contribution >= 4 is 11.6 Å². The van der Waals surface area contributed by atoms with Crippen molar-refractivity contribution in [3.63, 3.8) is 0 Å². The molecule has 1 aromatic rings. The lowest BCUT2D eigenvalue weighted by Crippen LogP contribution is -2.22. The molecule has 0 spiro atoms. The standard InChI is InChI=1S/C15H20N2O/c1-4-11-8-7-9-12(5-2)14(11)17-15(18)13(6-3)10-16/h7-9,13H,4-6H2,1-3H3,(H,17,18). The summed E-state index contributed by atoms with van der Waals surface area (Å²) >= 11 is 0. The van der Waals surface area contributed by atoms with E-state index < -0.39 is 5.92 Å². The summed E-state index contributed by atoms with van der Waals surface area (Å²) < 4.78 is 0. The number of para-hydroxylation sites is 1. The first-order valence-electron chi connectivity index (χ1n) is 6.49. The Morgan fingerprint density at radius 2 is 1.83 bits per heavy atom. The van der Waals surface area contributed by atoms with Crippen LogP contribution in [-0.4, -0.2) is 5.91 Å². The smallest absolute Gasteiger partial charge is 0.241 e. The van der Waals surface area contributed by atoms with Crippen LogP contribution in [0.1, 0.15) is 38.3 Å². The highest BCUT2D eigenvalue weighted by Crippen LogP contribution is 2.23. The molecule has 0 radical (unpaired) electrons. The number of anilines is 1. The number of carbonyl (C=O) groups excluding carboxylic acids is 1. The number of nitrogens with zero attached hydrogens (tertiary/aromatic N) is 1. The first kappa shape index (κ1) is 14.2. The largest absolute Gasteiger partial charge is 0.324 e. The molecule has 0 saturated heterocycles. The van der Waals surface area contributed by atoms with E-state index in [2.05, 4.69) is 19.2 Å². The third kappa shape index (κ3) is 3.10. The van der Waals surface area contributed by atoms with E-state index in [0.29, 0.717) is 6.42 Å². The van der Waals surface area contributed by atoms with Gasteiger partial charge in [-0.15, -0.1) is 0 Å². The van der Waals surface area contributed by atoms with Crippen LogP contribution in [0, 0.1) is 17.2 Å². The van der Waals surface area contributed by atoms with Crippen molar-refractivity contribution in [1.82, 2.24) is 0 Å². The fourth-order valence-corrected chi connectivity index (χ4v) is 1.95. The molecule has 96 valence electrons. The van der Waals surface area contributed by atoms with Gasteiger partial charge in [0.2, 0.25) is 5.91 Å². The highest BCUT2D eigenvalue weighted by atomic mass is 16.1. The van der Waals surface area contributed by atoms with Gasteiger partial charge in [-0.05, 0) is 30.4 Å². The molecule has 0 aromatic heterocycles. The molecule has 0 aliphatic rings. The third-order valence-electron chi connectivity index (χ3n) is 3.13. The number of hydrogen-bond acceptors (Lipinski definition) is 2. The van der Waals surface area contributed by atoms with E-state index in [1.807, 2.05) is 31.2 Å². The maximum absolute atomic E-state index is 12.0. The van der Waals surface area contributed by atoms with Crippen LogP contribution in [0.25, 0.3) is 0 Å². The maximum Gasteiger partial charge on any atom is 0.241 e. The monoisotopic (exact) mass is 244 g/mol. The average molecular weight is 244 g/mol. The predicted octanol–water partition coefficient (Wildman–Crippen LogP) is 3.30. The van der Waals surface area contributed by atoms with Gasteiger partial charge in [-0.1, -0.05) is 39.0 Å². The molecular weight excluding hydrogens is 224 g/mol. The molecule has 0 saturated carbocycles. The Morgan fingerprint density at radius 1 is 1.28 bits per heavy atom. The SMILES string of the molecule is CCc1cccc(CC)c1NC(=O)C(C#N)CC. The van der Waals surface area contributed by atoms with E-state index in [1.54, 1.807) is 0 Å². The van der Waals surface area contributed by atoms with Crippen LogP contribution in [0.15, 0.2) is 18.2 Å². The molecule has 1 atom stereocenters. The number of hydrogen-bond donors (Lipinski definition) is 1. The molecule has 18 heavy (non-hydrogen) atoms. The highest BCUT2D eigenvalue weighted by molar-refractivity contribution is 5.95. The molecule has 0 aliphatic carbocycles. The van der Waals surface area contributed by atoms with Gasteiger partial charge >= 0.3 is 0 Å². The number of rotatable bonds is 5. The predicted molar refractivity (Wildman–Crippen MR) is 73.2 cm³/mol. The van der Waals surface area contributed by atoms with E-state index in [9.17, 15) is 4.79 Å². The van der Waals surface area contributed by atoms with Crippen molar-refractivity contribution in [3.05, 3.63) is 29.3 Å². The first-order valence-corrected chi connectivity index (χ1v) is 6.49. The summed E-state index contributed by atoms with van der Waals surface area (Å²) in [5, 5.41) is 11.8. The van der Waals surface area contributed by atoms with Gasteiger partial charge in [-0.2, -0.15) is 5.26 Å². The summed E-state index contributed by atoms with van der Waals surface area (Å²) in [6.07, 6.45) is 2.28. The number of benzene rings is 1. The van der Waals surface area contributed by atoms with Crippen molar-refractivity contribution < 1.29 is 4.79 Å². The second-order valence-corrected chi connectivity index (χ2v) is 4.24. The number of nitrogens with one attached hydrogen (secondary N) is 1. The Morgan fingerprint density at radius 3 is 2.22 bits per heavy atom. The van der Waals surface area contributed by atoms with Crippen molar-refractivity contribution in [2.45, 2.75) is 40.0 Å². The first-order chi connectivity index (χ1) is 8.67. The maximum atomic E-state index is 12.0. The number of amides is 1. The van der Waals surface area contributed by atoms with E-state index in [0.717, 1.165) is 29.7 Å². The van der Waals surface area contributed by atoms with Crippen molar-refractivity contribution in [1.29, 1.82) is 5.26 Å². The van der Waals surface area contributed by atoms with Crippen LogP contribution in [0.3, 0.4) is 0 Å². The van der Waals surface area contributed by atoms with Crippen LogP contribution in [0.4, 0.5) is 5.69 Å². The zero-order chi connectivity index (χ0) is 13.5. The summed E-state index contributed by atoms with van der Waals surface area (Å²) in [7, 11) is 0. The third-order valence-corrected chi connectivity index (χ3v) is 3.13. The lowest BCUT2D eigenvalue weighted by Gasteiger charge is -2.15. The molecular formula is C15H20N2O. The summed E-state index contributed by atoms with van der Waals surface area (Å²) in [6.45, 7) is 5.97. The minimum atomic E-state index is -0.570. The van der Waals surface area contributed by atoms with Crippen molar-refractivity contribution in [3.8, 4) is 6.07 Å². The van der Waals surface area contributed by atoms with Gasteiger partial charge in [0.15, 0.2) is 0 Å². The summed E-state index contributed by atoms with van der Waals surface area (Å²) in [5.74, 6) is -0.768. The number of aryl methyl sites for hydroxylation is 2. The zero-order valence-electron chi connectivity index (χ0n) is 11.3. The second-order valence-electron chi connectivity index (χ2n) is 4.24. The van der Waals surface area contributed by atoms with Gasteiger partial charge in [0.25, 0.3) is 0 Å². The van der Waals surface area contributed by atoms with Crippen molar-refractivity contribution in [2.24, 2.45) is 5.92 Å². The molecule has 0 bridgehead atoms. The number of carbonyl (C=O) groups is 1. The molecule has 0 aliphatic heterocycles. The Bertz CT molecular complexity index is 438. The molecule has 0 heterocycles. The number of nitriles is 1. The van der Waals surface area contributed by atoms with Gasteiger partial charge in [-0.3, -0.25) is 4.79 Å². The van der Waals surface area contributed by atoms with E-state index in [-0.39, 0.29) is 5.91 Å². The van der Waals surface area contributed by atoms with Gasteiger partial charge in [-0.25, -0.2) is 0 Å². The van der Waals surface area contributed by atoms with E-state index in [1.165, 1.54) is 0 Å². The van der Waals surface area contributed by atoms with Crippen LogP contribution in [0.2, 0.25) is 0 Å². The van der Waals surface area contributed by atoms with Gasteiger partial charge < -0.3 is 5.32 Å². The Kier molecular flexibility index (Phi) is 5.38. The average Bonchev–Trinajstić information content (AvgIpc) is 2.40. The normalized spacial score (nSPS) is 11.7. The second kappa shape index (κ2) is 6.80. The fourth-order valence-electron chi connectivity index (χ4n) is 1.95. The van der Waals surface area contributed by atoms with Crippen LogP contribution >= 0.6 is 0 Å². The molecule has 1 unspecified atom stereocenters. The summed E-state index contributed by atoms with van der Waals surface area (Å²) in [5.41, 5.74) is 3.13. The van der Waals surface area contributed by atoms with Gasteiger partial charge in [0.1, 0.15) is 5.92 Å². The van der Waals surface area contributed by atoms with E-state index >= 15 is 0 Å². The highest BCUT2D eigenvalue weighted by Gasteiger charge is 2.17. The quantitative estimate of drug-likeness (QED) is 0.864. The lowest BCUT2D eigenvalue weighted by atomic mass is 10.0. The molecule has 3 nitrogen and oxygen atoms in total. The van der Waals surface area contributed by atoms with Crippen molar-refractivity contribution in [2.75, 3.05) is 5.32 Å². The molecule has 0 fully saturated rings. The molecule has 1 aromatic carbocycles. The van der Waals surface area contributed by atoms with Crippen LogP contribution < -0.4 is 5.32 Å². The van der Waals surface area contributed by atoms with E-state index in [4.69, 9.17) is 5.26 Å². The topological polar surface area (TPSA) is 52.9 Å². The fraction of sp³-hybridized carbons (Fsp3) is 0.467. The molecule has 1 amide bonds. The summed E-state index contributed by atoms with van der Waals surface area (Å²) in [4.78, 5) is 12.0. The molecule has 1 rings (SSSR count). The van der Waals surface area contributed by atoms with Gasteiger partial charge in [0.05, 0.1) is 6.07 Å². The lowest BCUT2D eigenvalue weighted by molar-refractivity contribution is -0.118. The van der Waals surface area contributed by atoms with Gasteiger partial charge in [0, 0.05) is 5.69 Å². The minimum absolute atomic E-state index is 0.199.